The van der Waals surface area contributed by atoms with E-state index in [0.29, 0.717) is 5.92 Å². The Hall–Kier alpha value is -0.690. The SMILES string of the molecule is CC(CS(C)(=O)=O)Nc1nc(C2CC2)ns1. The number of sulfone groups is 1. The minimum absolute atomic E-state index is 0.116. The Morgan fingerprint density at radius 3 is 2.81 bits per heavy atom. The third-order valence-corrected chi connectivity index (χ3v) is 4.07. The first-order valence-electron chi connectivity index (χ1n) is 5.22. The number of hydrogen-bond acceptors (Lipinski definition) is 6. The summed E-state index contributed by atoms with van der Waals surface area (Å²) in [6.45, 7) is 1.83. The van der Waals surface area contributed by atoms with Crippen molar-refractivity contribution in [3.8, 4) is 0 Å². The number of aromatic nitrogens is 2. The molecule has 0 radical (unpaired) electrons. The zero-order chi connectivity index (χ0) is 11.8. The molecule has 90 valence electrons. The van der Waals surface area contributed by atoms with Crippen molar-refractivity contribution in [1.82, 2.24) is 9.36 Å². The van der Waals surface area contributed by atoms with Gasteiger partial charge in [0, 0.05) is 29.7 Å². The maximum Gasteiger partial charge on any atom is 0.202 e. The molecule has 1 fully saturated rings. The Morgan fingerprint density at radius 1 is 1.56 bits per heavy atom. The van der Waals surface area contributed by atoms with Crippen LogP contribution in [-0.2, 0) is 9.84 Å². The first-order valence-corrected chi connectivity index (χ1v) is 8.05. The predicted molar refractivity (Wildman–Crippen MR) is 64.7 cm³/mol. The van der Waals surface area contributed by atoms with E-state index >= 15 is 0 Å². The summed E-state index contributed by atoms with van der Waals surface area (Å²) in [5.74, 6) is 1.56. The van der Waals surface area contributed by atoms with Gasteiger partial charge in [-0.2, -0.15) is 4.37 Å². The van der Waals surface area contributed by atoms with E-state index in [1.54, 1.807) is 0 Å². The van der Waals surface area contributed by atoms with Crippen LogP contribution in [0.4, 0.5) is 5.13 Å². The molecule has 1 N–H and O–H groups in total. The first-order chi connectivity index (χ1) is 7.44. The van der Waals surface area contributed by atoms with Gasteiger partial charge in [0.25, 0.3) is 0 Å². The van der Waals surface area contributed by atoms with Gasteiger partial charge < -0.3 is 5.32 Å². The molecule has 0 bridgehead atoms. The molecule has 16 heavy (non-hydrogen) atoms. The summed E-state index contributed by atoms with van der Waals surface area (Å²) in [7, 11) is -2.95. The largest absolute Gasteiger partial charge is 0.357 e. The molecular formula is C9H15N3O2S2. The van der Waals surface area contributed by atoms with E-state index in [4.69, 9.17) is 0 Å². The Morgan fingerprint density at radius 2 is 2.25 bits per heavy atom. The second-order valence-electron chi connectivity index (χ2n) is 4.37. The van der Waals surface area contributed by atoms with Crippen molar-refractivity contribution in [2.24, 2.45) is 0 Å². The van der Waals surface area contributed by atoms with Gasteiger partial charge in [0.2, 0.25) is 5.13 Å². The summed E-state index contributed by atoms with van der Waals surface area (Å²) in [5, 5.41) is 3.79. The number of anilines is 1. The van der Waals surface area contributed by atoms with E-state index in [1.807, 2.05) is 6.92 Å². The van der Waals surface area contributed by atoms with Crippen LogP contribution in [0.25, 0.3) is 0 Å². The van der Waals surface area contributed by atoms with Crippen LogP contribution in [0.2, 0.25) is 0 Å². The molecule has 1 heterocycles. The van der Waals surface area contributed by atoms with Crippen molar-refractivity contribution < 1.29 is 8.42 Å². The van der Waals surface area contributed by atoms with E-state index in [2.05, 4.69) is 14.7 Å². The Labute approximate surface area is 99.4 Å². The third kappa shape index (κ3) is 3.41. The van der Waals surface area contributed by atoms with Crippen LogP contribution >= 0.6 is 11.5 Å². The van der Waals surface area contributed by atoms with Crippen LogP contribution in [0.5, 0.6) is 0 Å². The topological polar surface area (TPSA) is 72.0 Å². The van der Waals surface area contributed by atoms with Gasteiger partial charge in [-0.15, -0.1) is 0 Å². The molecule has 5 nitrogen and oxygen atoms in total. The van der Waals surface area contributed by atoms with E-state index in [-0.39, 0.29) is 11.8 Å². The normalized spacial score (nSPS) is 18.4. The van der Waals surface area contributed by atoms with Gasteiger partial charge in [0.1, 0.15) is 15.7 Å². The second-order valence-corrected chi connectivity index (χ2v) is 7.31. The van der Waals surface area contributed by atoms with Crippen LogP contribution in [0.15, 0.2) is 0 Å². The van der Waals surface area contributed by atoms with Gasteiger partial charge in [-0.1, -0.05) is 0 Å². The Balaban J connectivity index is 1.92. The van der Waals surface area contributed by atoms with Crippen molar-refractivity contribution in [2.45, 2.75) is 31.7 Å². The van der Waals surface area contributed by atoms with Crippen LogP contribution < -0.4 is 5.32 Å². The van der Waals surface area contributed by atoms with Gasteiger partial charge >= 0.3 is 0 Å². The summed E-state index contributed by atoms with van der Waals surface area (Å²) in [6.07, 6.45) is 3.59. The number of nitrogens with one attached hydrogen (secondary N) is 1. The standard InChI is InChI=1S/C9H15N3O2S2/c1-6(5-16(2,13)14)10-9-11-8(12-15-9)7-3-4-7/h6-7H,3-5H2,1-2H3,(H,10,11,12). The Bertz CT molecular complexity index is 465. The zero-order valence-electron chi connectivity index (χ0n) is 9.30. The molecule has 2 rings (SSSR count). The molecule has 1 unspecified atom stereocenters. The van der Waals surface area contributed by atoms with Crippen LogP contribution in [0, 0.1) is 0 Å². The van der Waals surface area contributed by atoms with Gasteiger partial charge in [0.15, 0.2) is 0 Å². The van der Waals surface area contributed by atoms with E-state index in [9.17, 15) is 8.42 Å². The van der Waals surface area contributed by atoms with Crippen LogP contribution in [0.1, 0.15) is 31.5 Å². The lowest BCUT2D eigenvalue weighted by molar-refractivity contribution is 0.598. The molecule has 7 heteroatoms. The molecule has 0 aromatic carbocycles. The fourth-order valence-corrected chi connectivity index (χ4v) is 3.26. The minimum Gasteiger partial charge on any atom is -0.357 e. The molecule has 1 aliphatic carbocycles. The highest BCUT2D eigenvalue weighted by atomic mass is 32.2. The molecule has 1 aliphatic rings. The number of hydrogen-bond donors (Lipinski definition) is 1. The van der Waals surface area contributed by atoms with Gasteiger partial charge in [-0.05, 0) is 19.8 Å². The average molecular weight is 261 g/mol. The van der Waals surface area contributed by atoms with Gasteiger partial charge in [0.05, 0.1) is 5.75 Å². The molecule has 0 spiro atoms. The summed E-state index contributed by atoms with van der Waals surface area (Å²) in [4.78, 5) is 4.34. The van der Waals surface area contributed by atoms with Gasteiger partial charge in [-0.25, -0.2) is 13.4 Å². The van der Waals surface area contributed by atoms with Crippen LogP contribution in [-0.4, -0.2) is 35.8 Å². The lowest BCUT2D eigenvalue weighted by Gasteiger charge is -2.10. The first kappa shape index (κ1) is 11.8. The third-order valence-electron chi connectivity index (χ3n) is 2.31. The highest BCUT2D eigenvalue weighted by Crippen LogP contribution is 2.39. The van der Waals surface area contributed by atoms with Crippen LogP contribution in [0.3, 0.4) is 0 Å². The van der Waals surface area contributed by atoms with Crippen molar-refractivity contribution in [3.05, 3.63) is 5.82 Å². The number of rotatable bonds is 5. The molecule has 0 aliphatic heterocycles. The molecule has 1 atom stereocenters. The summed E-state index contributed by atoms with van der Waals surface area (Å²) < 4.78 is 26.4. The highest BCUT2D eigenvalue weighted by molar-refractivity contribution is 7.90. The molecule has 1 aromatic rings. The van der Waals surface area contributed by atoms with Crippen molar-refractivity contribution in [3.63, 3.8) is 0 Å². The molecule has 1 aromatic heterocycles. The summed E-state index contributed by atoms with van der Waals surface area (Å²) in [6, 6.07) is -0.130. The van der Waals surface area contributed by atoms with Crippen molar-refractivity contribution in [2.75, 3.05) is 17.3 Å². The Kier molecular flexibility index (Phi) is 3.16. The van der Waals surface area contributed by atoms with E-state index in [0.717, 1.165) is 11.0 Å². The fraction of sp³-hybridized carbons (Fsp3) is 0.778. The fourth-order valence-electron chi connectivity index (χ4n) is 1.51. The molecular weight excluding hydrogens is 246 g/mol. The zero-order valence-corrected chi connectivity index (χ0v) is 10.9. The number of nitrogens with zero attached hydrogens (tertiary/aromatic N) is 2. The lowest BCUT2D eigenvalue weighted by atomic mass is 10.4. The lowest BCUT2D eigenvalue weighted by Crippen LogP contribution is -2.24. The maximum absolute atomic E-state index is 11.1. The minimum atomic E-state index is -2.95. The quantitative estimate of drug-likeness (QED) is 0.864. The average Bonchev–Trinajstić information content (AvgIpc) is 2.85. The predicted octanol–water partition coefficient (Wildman–Crippen LogP) is 1.26. The highest BCUT2D eigenvalue weighted by Gasteiger charge is 2.28. The maximum atomic E-state index is 11.1. The van der Waals surface area contributed by atoms with Crippen molar-refractivity contribution in [1.29, 1.82) is 0 Å². The second kappa shape index (κ2) is 4.29. The van der Waals surface area contributed by atoms with E-state index < -0.39 is 9.84 Å². The van der Waals surface area contributed by atoms with E-state index in [1.165, 1.54) is 30.6 Å². The summed E-state index contributed by atoms with van der Waals surface area (Å²) >= 11 is 1.31. The smallest absolute Gasteiger partial charge is 0.202 e. The monoisotopic (exact) mass is 261 g/mol. The summed E-state index contributed by atoms with van der Waals surface area (Å²) in [5.41, 5.74) is 0. The molecule has 0 amide bonds. The van der Waals surface area contributed by atoms with Gasteiger partial charge in [-0.3, -0.25) is 0 Å². The molecule has 1 saturated carbocycles. The molecule has 0 saturated heterocycles. The van der Waals surface area contributed by atoms with Crippen molar-refractivity contribution >= 4 is 26.5 Å².